The lowest BCUT2D eigenvalue weighted by molar-refractivity contribution is -0.137. The fourth-order valence-corrected chi connectivity index (χ4v) is 7.06. The number of anilines is 1. The van der Waals surface area contributed by atoms with Crippen molar-refractivity contribution in [2.75, 3.05) is 12.4 Å². The summed E-state index contributed by atoms with van der Waals surface area (Å²) >= 11 is 13.2. The molecule has 3 atom stereocenters. The van der Waals surface area contributed by atoms with Crippen molar-refractivity contribution in [3.63, 3.8) is 0 Å². The van der Waals surface area contributed by atoms with E-state index in [1.165, 1.54) is 6.07 Å². The summed E-state index contributed by atoms with van der Waals surface area (Å²) in [6.07, 6.45) is 5.90. The predicted molar refractivity (Wildman–Crippen MR) is 189 cm³/mol. The van der Waals surface area contributed by atoms with E-state index in [2.05, 4.69) is 37.5 Å². The number of allylic oxidation sites excluding steroid dienone is 2. The number of rotatable bonds is 16. The lowest BCUT2D eigenvalue weighted by Crippen LogP contribution is -2.49. The Morgan fingerprint density at radius 3 is 2.22 bits per heavy atom. The molecule has 2 amide bonds. The monoisotopic (exact) mass is 668 g/mol. The summed E-state index contributed by atoms with van der Waals surface area (Å²) in [5.41, 5.74) is 4.18. The van der Waals surface area contributed by atoms with Gasteiger partial charge >= 0.3 is 0 Å². The molecular weight excluding hydrogens is 622 g/mol. The molecule has 248 valence electrons. The largest absolute Gasteiger partial charge is 0.477 e. The second kappa shape index (κ2) is 17.0. The van der Waals surface area contributed by atoms with Crippen LogP contribution >= 0.6 is 23.2 Å². The third kappa shape index (κ3) is 8.51. The maximum Gasteiger partial charge on any atom is 0.263 e. The average Bonchev–Trinajstić information content (AvgIpc) is 3.04. The molecule has 3 aromatic carbocycles. The summed E-state index contributed by atoms with van der Waals surface area (Å²) in [7, 11) is 1.61. The smallest absolute Gasteiger partial charge is 0.263 e. The minimum atomic E-state index is -1.10. The van der Waals surface area contributed by atoms with E-state index in [1.807, 2.05) is 51.1 Å². The molecule has 0 saturated heterocycles. The Labute approximate surface area is 283 Å². The Balaban J connectivity index is 2.47. The second-order valence-electron chi connectivity index (χ2n) is 11.9. The highest BCUT2D eigenvalue weighted by atomic mass is 35.5. The number of amides is 2. The number of carbonyl (C=O) groups is 2. The average molecular weight is 670 g/mol. The third-order valence-electron chi connectivity index (χ3n) is 9.09. The van der Waals surface area contributed by atoms with Crippen LogP contribution in [0.15, 0.2) is 66.2 Å². The SMILES string of the molecule is CC/C=C(/C)CC(c1cc(Cl)ccc1OC(CC)(CC)C(=O)NC)C(c1ccc(Cl)cc1NC=O)C(CC)c1cc(F)ccc1C. The molecule has 3 rings (SSSR count). The Kier molecular flexibility index (Phi) is 13.7. The van der Waals surface area contributed by atoms with Crippen LogP contribution < -0.4 is 15.4 Å². The molecule has 0 aromatic heterocycles. The number of hydrogen-bond acceptors (Lipinski definition) is 3. The fourth-order valence-electron chi connectivity index (χ4n) is 6.71. The summed E-state index contributed by atoms with van der Waals surface area (Å²) in [5, 5.41) is 6.67. The highest BCUT2D eigenvalue weighted by Crippen LogP contribution is 2.53. The van der Waals surface area contributed by atoms with E-state index < -0.39 is 5.60 Å². The van der Waals surface area contributed by atoms with Crippen molar-refractivity contribution in [2.45, 2.75) is 97.0 Å². The molecule has 0 aliphatic carbocycles. The number of carbonyl (C=O) groups excluding carboxylic acids is 2. The van der Waals surface area contributed by atoms with Crippen molar-refractivity contribution in [3.05, 3.63) is 104 Å². The first-order chi connectivity index (χ1) is 22.0. The minimum absolute atomic E-state index is 0.184. The summed E-state index contributed by atoms with van der Waals surface area (Å²) in [6.45, 7) is 12.2. The highest BCUT2D eigenvalue weighted by molar-refractivity contribution is 6.31. The molecule has 0 spiro atoms. The van der Waals surface area contributed by atoms with Gasteiger partial charge in [-0.3, -0.25) is 9.59 Å². The van der Waals surface area contributed by atoms with Crippen molar-refractivity contribution in [3.8, 4) is 5.75 Å². The van der Waals surface area contributed by atoms with Crippen LogP contribution in [0.1, 0.15) is 107 Å². The molecular formula is C38H47Cl2FN2O3. The normalized spacial score (nSPS) is 13.9. The van der Waals surface area contributed by atoms with E-state index in [9.17, 15) is 14.0 Å². The quantitative estimate of drug-likeness (QED) is 0.118. The van der Waals surface area contributed by atoms with E-state index in [4.69, 9.17) is 27.9 Å². The minimum Gasteiger partial charge on any atom is -0.477 e. The molecule has 0 heterocycles. The maximum absolute atomic E-state index is 14.9. The van der Waals surface area contributed by atoms with Crippen LogP contribution in [0.4, 0.5) is 10.1 Å². The first kappa shape index (κ1) is 37.1. The molecule has 0 radical (unpaired) electrons. The van der Waals surface area contributed by atoms with Gasteiger partial charge in [-0.15, -0.1) is 0 Å². The standard InChI is InChI=1S/C38H47Cl2FN2O3/c1-8-12-24(5)19-33(32-20-26(39)15-18-35(32)46-38(10-3,11-4)37(45)42-7)36(30-17-14-27(40)21-34(30)43-23-44)29(9-2)31-22-28(41)16-13-25(31)6/h12-18,20-23,29,33,36H,8-11,19H2,1-7H3,(H,42,45)(H,43,44)/b24-12-. The summed E-state index contributed by atoms with van der Waals surface area (Å²) in [6, 6.07) is 15.9. The summed E-state index contributed by atoms with van der Waals surface area (Å²) < 4.78 is 21.7. The second-order valence-corrected chi connectivity index (χ2v) is 12.7. The van der Waals surface area contributed by atoms with Crippen molar-refractivity contribution < 1.29 is 18.7 Å². The number of nitrogens with one attached hydrogen (secondary N) is 2. The maximum atomic E-state index is 14.9. The van der Waals surface area contributed by atoms with E-state index >= 15 is 0 Å². The highest BCUT2D eigenvalue weighted by Gasteiger charge is 2.40. The number of likely N-dealkylation sites (N-methyl/N-ethyl adjacent to an activating group) is 1. The summed E-state index contributed by atoms with van der Waals surface area (Å²) in [4.78, 5) is 25.2. The topological polar surface area (TPSA) is 67.4 Å². The predicted octanol–water partition coefficient (Wildman–Crippen LogP) is 10.5. The molecule has 0 aliphatic heterocycles. The number of aryl methyl sites for hydroxylation is 1. The van der Waals surface area contributed by atoms with Gasteiger partial charge in [0, 0.05) is 28.7 Å². The first-order valence-electron chi connectivity index (χ1n) is 16.1. The van der Waals surface area contributed by atoms with Crippen LogP contribution in [-0.2, 0) is 9.59 Å². The number of benzene rings is 3. The van der Waals surface area contributed by atoms with Gasteiger partial charge in [0.25, 0.3) is 5.91 Å². The summed E-state index contributed by atoms with van der Waals surface area (Å²) in [5.74, 6) is -0.716. The van der Waals surface area contributed by atoms with Gasteiger partial charge < -0.3 is 15.4 Å². The third-order valence-corrected chi connectivity index (χ3v) is 9.56. The van der Waals surface area contributed by atoms with Gasteiger partial charge in [-0.1, -0.05) is 74.7 Å². The van der Waals surface area contributed by atoms with Gasteiger partial charge in [0.05, 0.1) is 0 Å². The van der Waals surface area contributed by atoms with Gasteiger partial charge in [0.15, 0.2) is 5.60 Å². The fraction of sp³-hybridized carbons (Fsp3) is 0.421. The Morgan fingerprint density at radius 2 is 1.61 bits per heavy atom. The molecule has 3 aromatic rings. The number of ether oxygens (including phenoxy) is 1. The van der Waals surface area contributed by atoms with Crippen molar-refractivity contribution in [1.29, 1.82) is 0 Å². The molecule has 2 N–H and O–H groups in total. The zero-order chi connectivity index (χ0) is 34.0. The molecule has 0 aliphatic rings. The Bertz CT molecular complexity index is 1540. The van der Waals surface area contributed by atoms with E-state index in [1.54, 1.807) is 25.2 Å². The Morgan fingerprint density at radius 1 is 0.935 bits per heavy atom. The van der Waals surface area contributed by atoms with Gasteiger partial charge in [-0.05, 0) is 123 Å². The molecule has 3 unspecified atom stereocenters. The molecule has 46 heavy (non-hydrogen) atoms. The van der Waals surface area contributed by atoms with E-state index in [0.29, 0.717) is 53.6 Å². The van der Waals surface area contributed by atoms with Crippen LogP contribution in [0, 0.1) is 12.7 Å². The van der Waals surface area contributed by atoms with E-state index in [0.717, 1.165) is 34.2 Å². The van der Waals surface area contributed by atoms with Crippen LogP contribution in [0.5, 0.6) is 5.75 Å². The van der Waals surface area contributed by atoms with Crippen LogP contribution in [0.2, 0.25) is 10.0 Å². The van der Waals surface area contributed by atoms with Gasteiger partial charge in [-0.25, -0.2) is 4.39 Å². The molecule has 0 saturated carbocycles. The zero-order valence-corrected chi connectivity index (χ0v) is 29.5. The number of halogens is 3. The lowest BCUT2D eigenvalue weighted by atomic mass is 9.67. The molecule has 5 nitrogen and oxygen atoms in total. The van der Waals surface area contributed by atoms with Gasteiger partial charge in [0.1, 0.15) is 11.6 Å². The Hall–Kier alpha value is -3.35. The number of hydrogen-bond donors (Lipinski definition) is 2. The molecule has 0 bridgehead atoms. The molecule has 0 fully saturated rings. The van der Waals surface area contributed by atoms with Crippen LogP contribution in [0.3, 0.4) is 0 Å². The lowest BCUT2D eigenvalue weighted by Gasteiger charge is -2.38. The molecule has 8 heteroatoms. The first-order valence-corrected chi connectivity index (χ1v) is 16.9. The van der Waals surface area contributed by atoms with Crippen molar-refractivity contribution in [1.82, 2.24) is 5.32 Å². The van der Waals surface area contributed by atoms with Gasteiger partial charge in [0.2, 0.25) is 6.41 Å². The van der Waals surface area contributed by atoms with Gasteiger partial charge in [-0.2, -0.15) is 0 Å². The van der Waals surface area contributed by atoms with Crippen LogP contribution in [-0.4, -0.2) is 25.0 Å². The van der Waals surface area contributed by atoms with Crippen molar-refractivity contribution in [2.24, 2.45) is 0 Å². The zero-order valence-electron chi connectivity index (χ0n) is 28.0. The van der Waals surface area contributed by atoms with Crippen LogP contribution in [0.25, 0.3) is 0 Å². The van der Waals surface area contributed by atoms with Crippen molar-refractivity contribution >= 4 is 41.2 Å². The van der Waals surface area contributed by atoms with E-state index in [-0.39, 0.29) is 29.5 Å².